The van der Waals surface area contributed by atoms with Crippen LogP contribution < -0.4 is 10.9 Å². The predicted molar refractivity (Wildman–Crippen MR) is 132 cm³/mol. The van der Waals surface area contributed by atoms with E-state index in [-0.39, 0.29) is 22.1 Å². The summed E-state index contributed by atoms with van der Waals surface area (Å²) in [5.74, 6) is -0.0942. The Kier molecular flexibility index (Phi) is 7.21. The molecule has 0 unspecified atom stereocenters. The predicted octanol–water partition coefficient (Wildman–Crippen LogP) is 3.93. The highest BCUT2D eigenvalue weighted by Gasteiger charge is 2.25. The fraction of sp³-hybridized carbons (Fsp3) is 0.333. The van der Waals surface area contributed by atoms with Crippen LogP contribution in [0.25, 0.3) is 10.9 Å². The maximum atomic E-state index is 12.8. The van der Waals surface area contributed by atoms with Crippen molar-refractivity contribution in [3.8, 4) is 0 Å². The van der Waals surface area contributed by atoms with Crippen LogP contribution in [-0.2, 0) is 21.4 Å². The molecule has 4 rings (SSSR count). The summed E-state index contributed by atoms with van der Waals surface area (Å²) < 4.78 is 28.8. The fourth-order valence-electron chi connectivity index (χ4n) is 4.05. The average Bonchev–Trinajstić information content (AvgIpc) is 2.83. The maximum absolute atomic E-state index is 12.8. The summed E-state index contributed by atoms with van der Waals surface area (Å²) in [4.78, 5) is 26.0. The SMILES string of the molecule is CCn1c(=O)cc(SCC(=O)Nc2ccc(S(=O)(=O)N3CCCCC3)cc2)c2ccccc21. The number of amides is 1. The fourth-order valence-corrected chi connectivity index (χ4v) is 6.44. The molecule has 2 aromatic carbocycles. The second-order valence-electron chi connectivity index (χ2n) is 7.93. The van der Waals surface area contributed by atoms with Crippen molar-refractivity contribution >= 4 is 44.3 Å². The Bertz CT molecular complexity index is 1310. The van der Waals surface area contributed by atoms with Crippen molar-refractivity contribution in [2.45, 2.75) is 42.5 Å². The monoisotopic (exact) mass is 485 g/mol. The quantitative estimate of drug-likeness (QED) is 0.513. The third kappa shape index (κ3) is 5.15. The average molecular weight is 486 g/mol. The molecular formula is C24H27N3O4S2. The molecule has 3 aromatic rings. The number of nitrogens with zero attached hydrogens (tertiary/aromatic N) is 2. The lowest BCUT2D eigenvalue weighted by Gasteiger charge is -2.25. The van der Waals surface area contributed by atoms with Gasteiger partial charge in [0.1, 0.15) is 0 Å². The first kappa shape index (κ1) is 23.5. The third-order valence-corrected chi connectivity index (χ3v) is 8.71. The van der Waals surface area contributed by atoms with Crippen LogP contribution in [-0.4, -0.2) is 42.0 Å². The summed E-state index contributed by atoms with van der Waals surface area (Å²) >= 11 is 1.31. The Morgan fingerprint density at radius 3 is 2.42 bits per heavy atom. The smallest absolute Gasteiger partial charge is 0.252 e. The molecule has 33 heavy (non-hydrogen) atoms. The van der Waals surface area contributed by atoms with Crippen LogP contribution in [0.3, 0.4) is 0 Å². The van der Waals surface area contributed by atoms with Gasteiger partial charge in [-0.15, -0.1) is 11.8 Å². The van der Waals surface area contributed by atoms with Gasteiger partial charge >= 0.3 is 0 Å². The molecule has 0 spiro atoms. The molecule has 1 aromatic heterocycles. The number of aryl methyl sites for hydroxylation is 1. The molecular weight excluding hydrogens is 458 g/mol. The second-order valence-corrected chi connectivity index (χ2v) is 10.9. The molecule has 0 aliphatic carbocycles. The van der Waals surface area contributed by atoms with Crippen LogP contribution in [0.1, 0.15) is 26.2 Å². The van der Waals surface area contributed by atoms with E-state index in [0.717, 1.165) is 35.1 Å². The third-order valence-electron chi connectivity index (χ3n) is 5.75. The van der Waals surface area contributed by atoms with Gasteiger partial charge in [-0.05, 0) is 50.1 Å². The zero-order chi connectivity index (χ0) is 23.4. The van der Waals surface area contributed by atoms with E-state index in [2.05, 4.69) is 5.32 Å². The van der Waals surface area contributed by atoms with E-state index < -0.39 is 10.0 Å². The second kappa shape index (κ2) is 10.1. The highest BCUT2D eigenvalue weighted by molar-refractivity contribution is 8.00. The Morgan fingerprint density at radius 1 is 1.03 bits per heavy atom. The van der Waals surface area contributed by atoms with E-state index in [1.165, 1.54) is 28.2 Å². The number of hydrogen-bond donors (Lipinski definition) is 1. The number of nitrogens with one attached hydrogen (secondary N) is 1. The molecule has 0 atom stereocenters. The molecule has 0 saturated carbocycles. The van der Waals surface area contributed by atoms with E-state index in [1.54, 1.807) is 22.8 Å². The number of aromatic nitrogens is 1. The zero-order valence-corrected chi connectivity index (χ0v) is 20.1. The van der Waals surface area contributed by atoms with Crippen LogP contribution in [0.15, 0.2) is 69.2 Å². The molecule has 1 aliphatic heterocycles. The summed E-state index contributed by atoms with van der Waals surface area (Å²) in [6.07, 6.45) is 2.82. The van der Waals surface area contributed by atoms with E-state index in [1.807, 2.05) is 31.2 Å². The Balaban J connectivity index is 1.42. The minimum atomic E-state index is -3.50. The molecule has 9 heteroatoms. The number of benzene rings is 2. The molecule has 1 amide bonds. The molecule has 0 radical (unpaired) electrons. The first-order chi connectivity index (χ1) is 15.9. The number of pyridine rings is 1. The summed E-state index contributed by atoms with van der Waals surface area (Å²) in [5.41, 5.74) is 1.29. The van der Waals surface area contributed by atoms with Crippen LogP contribution >= 0.6 is 11.8 Å². The van der Waals surface area contributed by atoms with Gasteiger partial charge in [0.25, 0.3) is 5.56 Å². The number of piperidine rings is 1. The van der Waals surface area contributed by atoms with Crippen molar-refractivity contribution in [1.29, 1.82) is 0 Å². The number of fused-ring (bicyclic) bond motifs is 1. The van der Waals surface area contributed by atoms with E-state index in [9.17, 15) is 18.0 Å². The van der Waals surface area contributed by atoms with Crippen molar-refractivity contribution in [1.82, 2.24) is 8.87 Å². The number of anilines is 1. The number of thioether (sulfide) groups is 1. The molecule has 1 saturated heterocycles. The van der Waals surface area contributed by atoms with Gasteiger partial charge in [-0.1, -0.05) is 24.6 Å². The van der Waals surface area contributed by atoms with Gasteiger partial charge in [0.2, 0.25) is 15.9 Å². The Hall–Kier alpha value is -2.62. The lowest BCUT2D eigenvalue weighted by Crippen LogP contribution is -2.35. The summed E-state index contributed by atoms with van der Waals surface area (Å²) in [6.45, 7) is 3.61. The minimum Gasteiger partial charge on any atom is -0.325 e. The van der Waals surface area contributed by atoms with Crippen molar-refractivity contribution in [3.63, 3.8) is 0 Å². The van der Waals surface area contributed by atoms with Crippen molar-refractivity contribution < 1.29 is 13.2 Å². The number of para-hydroxylation sites is 1. The molecule has 1 aliphatic rings. The standard InChI is InChI=1S/C24H27N3O4S2/c1-2-27-21-9-5-4-8-20(21)22(16-24(27)29)32-17-23(28)25-18-10-12-19(13-11-18)33(30,31)26-14-6-3-7-15-26/h4-5,8-13,16H,2-3,6-7,14-15,17H2,1H3,(H,25,28). The topological polar surface area (TPSA) is 88.5 Å². The van der Waals surface area contributed by atoms with Crippen molar-refractivity contribution in [3.05, 3.63) is 65.0 Å². The number of sulfonamides is 1. The van der Waals surface area contributed by atoms with Gasteiger partial charge in [-0.3, -0.25) is 9.59 Å². The van der Waals surface area contributed by atoms with Gasteiger partial charge in [0.05, 0.1) is 16.2 Å². The summed E-state index contributed by atoms with van der Waals surface area (Å²) in [7, 11) is -3.50. The van der Waals surface area contributed by atoms with Gasteiger partial charge in [0.15, 0.2) is 0 Å². The normalized spacial score (nSPS) is 14.9. The largest absolute Gasteiger partial charge is 0.325 e. The van der Waals surface area contributed by atoms with Gasteiger partial charge < -0.3 is 9.88 Å². The van der Waals surface area contributed by atoms with Gasteiger partial charge in [0, 0.05) is 41.7 Å². The number of rotatable bonds is 7. The van der Waals surface area contributed by atoms with Gasteiger partial charge in [-0.25, -0.2) is 8.42 Å². The molecule has 1 N–H and O–H groups in total. The van der Waals surface area contributed by atoms with Crippen LogP contribution in [0.5, 0.6) is 0 Å². The lowest BCUT2D eigenvalue weighted by atomic mass is 10.2. The summed E-state index contributed by atoms with van der Waals surface area (Å²) in [5, 5.41) is 3.74. The number of carbonyl (C=O) groups is 1. The Labute approximate surface area is 197 Å². The van der Waals surface area contributed by atoms with Crippen molar-refractivity contribution in [2.24, 2.45) is 0 Å². The van der Waals surface area contributed by atoms with Gasteiger partial charge in [-0.2, -0.15) is 4.31 Å². The highest BCUT2D eigenvalue weighted by atomic mass is 32.2. The molecule has 174 valence electrons. The molecule has 1 fully saturated rings. The number of carbonyl (C=O) groups excluding carboxylic acids is 1. The highest BCUT2D eigenvalue weighted by Crippen LogP contribution is 2.27. The van der Waals surface area contributed by atoms with E-state index >= 15 is 0 Å². The Morgan fingerprint density at radius 2 is 1.73 bits per heavy atom. The maximum Gasteiger partial charge on any atom is 0.252 e. The van der Waals surface area contributed by atoms with Crippen LogP contribution in [0, 0.1) is 0 Å². The van der Waals surface area contributed by atoms with Crippen LogP contribution in [0.2, 0.25) is 0 Å². The van der Waals surface area contributed by atoms with E-state index in [0.29, 0.717) is 25.3 Å². The zero-order valence-electron chi connectivity index (χ0n) is 18.5. The van der Waals surface area contributed by atoms with E-state index in [4.69, 9.17) is 0 Å². The lowest BCUT2D eigenvalue weighted by molar-refractivity contribution is -0.113. The number of hydrogen-bond acceptors (Lipinski definition) is 5. The first-order valence-corrected chi connectivity index (χ1v) is 13.5. The first-order valence-electron chi connectivity index (χ1n) is 11.1. The minimum absolute atomic E-state index is 0.0930. The van der Waals surface area contributed by atoms with Crippen molar-refractivity contribution in [2.75, 3.05) is 24.2 Å². The summed E-state index contributed by atoms with van der Waals surface area (Å²) in [6, 6.07) is 15.5. The molecule has 0 bridgehead atoms. The molecule has 2 heterocycles. The molecule has 7 nitrogen and oxygen atoms in total. The van der Waals surface area contributed by atoms with Crippen LogP contribution in [0.4, 0.5) is 5.69 Å².